The number of rotatable bonds is 7. The first kappa shape index (κ1) is 14.9. The summed E-state index contributed by atoms with van der Waals surface area (Å²) in [5, 5.41) is 4.18. The van der Waals surface area contributed by atoms with Gasteiger partial charge in [-0.05, 0) is 12.5 Å². The molecule has 0 amide bonds. The summed E-state index contributed by atoms with van der Waals surface area (Å²) in [6.45, 7) is 5.68. The lowest BCUT2D eigenvalue weighted by atomic mass is 10.2. The number of aryl methyl sites for hydroxylation is 1. The van der Waals surface area contributed by atoms with Gasteiger partial charge in [0.05, 0.1) is 17.7 Å². The van der Waals surface area contributed by atoms with Gasteiger partial charge in [0.15, 0.2) is 0 Å². The minimum absolute atomic E-state index is 0.838. The number of aromatic nitrogens is 4. The van der Waals surface area contributed by atoms with Crippen molar-refractivity contribution in [3.05, 3.63) is 64.6 Å². The molecule has 3 aromatic rings. The number of hydrogen-bond donors (Lipinski definition) is 0. The number of hydrogen-bond acceptors (Lipinski definition) is 5. The molecule has 3 rings (SSSR count). The molecule has 0 unspecified atom stereocenters. The Labute approximate surface area is 134 Å². The van der Waals surface area contributed by atoms with Gasteiger partial charge in [0.25, 0.3) is 0 Å². The third kappa shape index (κ3) is 3.99. The average Bonchev–Trinajstić information content (AvgIpc) is 3.18. The molecule has 0 bridgehead atoms. The van der Waals surface area contributed by atoms with Crippen molar-refractivity contribution in [1.82, 2.24) is 24.6 Å². The highest BCUT2D eigenvalue weighted by atomic mass is 32.1. The van der Waals surface area contributed by atoms with Gasteiger partial charge in [-0.25, -0.2) is 9.97 Å². The Morgan fingerprint density at radius 2 is 2.05 bits per heavy atom. The van der Waals surface area contributed by atoms with E-state index >= 15 is 0 Å². The van der Waals surface area contributed by atoms with Gasteiger partial charge in [0.1, 0.15) is 12.7 Å². The van der Waals surface area contributed by atoms with Crippen molar-refractivity contribution in [2.24, 2.45) is 0 Å². The predicted molar refractivity (Wildman–Crippen MR) is 87.4 cm³/mol. The molecule has 114 valence electrons. The van der Waals surface area contributed by atoms with Gasteiger partial charge in [-0.15, -0.1) is 11.3 Å². The normalized spacial score (nSPS) is 11.2. The van der Waals surface area contributed by atoms with Crippen LogP contribution in [0.25, 0.3) is 0 Å². The zero-order valence-electron chi connectivity index (χ0n) is 12.6. The Hall–Kier alpha value is -2.05. The van der Waals surface area contributed by atoms with Gasteiger partial charge < -0.3 is 0 Å². The molecule has 1 aromatic carbocycles. The fourth-order valence-electron chi connectivity index (χ4n) is 2.33. The molecule has 0 spiro atoms. The van der Waals surface area contributed by atoms with Gasteiger partial charge in [0.2, 0.25) is 0 Å². The summed E-state index contributed by atoms with van der Waals surface area (Å²) in [6.07, 6.45) is 3.34. The van der Waals surface area contributed by atoms with Gasteiger partial charge >= 0.3 is 0 Å². The van der Waals surface area contributed by atoms with Crippen LogP contribution in [0.2, 0.25) is 0 Å². The number of benzene rings is 1. The molecule has 2 heterocycles. The molecular weight excluding hydrogens is 294 g/mol. The average molecular weight is 313 g/mol. The summed E-state index contributed by atoms with van der Waals surface area (Å²) in [5.74, 6) is 0. The SMILES string of the molecule is Cc1ncsc1CN(CCn1cncn1)Cc1ccccc1. The van der Waals surface area contributed by atoms with Crippen molar-refractivity contribution in [3.8, 4) is 0 Å². The van der Waals surface area contributed by atoms with Crippen LogP contribution in [0.3, 0.4) is 0 Å². The lowest BCUT2D eigenvalue weighted by Gasteiger charge is -2.22. The van der Waals surface area contributed by atoms with Crippen LogP contribution in [0.1, 0.15) is 16.1 Å². The van der Waals surface area contributed by atoms with E-state index in [0.717, 1.165) is 31.9 Å². The summed E-state index contributed by atoms with van der Waals surface area (Å²) in [5.41, 5.74) is 4.37. The second-order valence-corrected chi connectivity index (χ2v) is 6.16. The largest absolute Gasteiger partial charge is 0.292 e. The first-order valence-corrected chi connectivity index (χ1v) is 8.17. The Kier molecular flexibility index (Phi) is 4.92. The Morgan fingerprint density at radius 1 is 1.18 bits per heavy atom. The summed E-state index contributed by atoms with van der Waals surface area (Å²) < 4.78 is 1.87. The van der Waals surface area contributed by atoms with E-state index in [9.17, 15) is 0 Å². The number of nitrogens with zero attached hydrogens (tertiary/aromatic N) is 5. The van der Waals surface area contributed by atoms with Gasteiger partial charge in [-0.3, -0.25) is 9.58 Å². The molecule has 0 saturated heterocycles. The highest BCUT2D eigenvalue weighted by Crippen LogP contribution is 2.16. The van der Waals surface area contributed by atoms with E-state index in [1.54, 1.807) is 24.0 Å². The van der Waals surface area contributed by atoms with Crippen molar-refractivity contribution in [2.75, 3.05) is 6.54 Å². The summed E-state index contributed by atoms with van der Waals surface area (Å²) in [6, 6.07) is 10.6. The van der Waals surface area contributed by atoms with Crippen LogP contribution in [0.4, 0.5) is 0 Å². The van der Waals surface area contributed by atoms with E-state index in [4.69, 9.17) is 0 Å². The van der Waals surface area contributed by atoms with Gasteiger partial charge in [0, 0.05) is 24.5 Å². The zero-order valence-corrected chi connectivity index (χ0v) is 13.4. The van der Waals surface area contributed by atoms with Crippen LogP contribution in [0.15, 0.2) is 48.5 Å². The predicted octanol–water partition coefficient (Wildman–Crippen LogP) is 2.75. The van der Waals surface area contributed by atoms with Crippen LogP contribution >= 0.6 is 11.3 Å². The second-order valence-electron chi connectivity index (χ2n) is 5.22. The minimum atomic E-state index is 0.838. The molecule has 0 fully saturated rings. The molecule has 0 saturated carbocycles. The van der Waals surface area contributed by atoms with Crippen molar-refractivity contribution < 1.29 is 0 Å². The van der Waals surface area contributed by atoms with Gasteiger partial charge in [-0.2, -0.15) is 5.10 Å². The van der Waals surface area contributed by atoms with Crippen LogP contribution < -0.4 is 0 Å². The Morgan fingerprint density at radius 3 is 2.73 bits per heavy atom. The van der Waals surface area contributed by atoms with Gasteiger partial charge in [-0.1, -0.05) is 30.3 Å². The molecule has 0 radical (unpaired) electrons. The Bertz CT molecular complexity index is 678. The third-order valence-electron chi connectivity index (χ3n) is 3.57. The minimum Gasteiger partial charge on any atom is -0.292 e. The maximum atomic E-state index is 4.35. The fourth-order valence-corrected chi connectivity index (χ4v) is 3.15. The van der Waals surface area contributed by atoms with E-state index in [-0.39, 0.29) is 0 Å². The van der Waals surface area contributed by atoms with Crippen molar-refractivity contribution in [1.29, 1.82) is 0 Å². The standard InChI is InChI=1S/C16H19N5S/c1-14-16(22-13-18-14)10-20(7-8-21-12-17-11-19-21)9-15-5-3-2-4-6-15/h2-6,11-13H,7-10H2,1H3. The number of thiazole rings is 1. The zero-order chi connectivity index (χ0) is 15.2. The molecule has 0 aliphatic carbocycles. The molecule has 0 atom stereocenters. The molecule has 0 aliphatic heterocycles. The fraction of sp³-hybridized carbons (Fsp3) is 0.312. The smallest absolute Gasteiger partial charge is 0.137 e. The van der Waals surface area contributed by atoms with Crippen LogP contribution in [-0.2, 0) is 19.6 Å². The quantitative estimate of drug-likeness (QED) is 0.673. The van der Waals surface area contributed by atoms with Crippen molar-refractivity contribution in [3.63, 3.8) is 0 Å². The molecule has 5 nitrogen and oxygen atoms in total. The van der Waals surface area contributed by atoms with E-state index in [2.05, 4.69) is 57.2 Å². The summed E-state index contributed by atoms with van der Waals surface area (Å²) in [4.78, 5) is 12.1. The van der Waals surface area contributed by atoms with E-state index in [1.807, 2.05) is 10.2 Å². The third-order valence-corrected chi connectivity index (χ3v) is 4.49. The highest BCUT2D eigenvalue weighted by molar-refractivity contribution is 7.09. The summed E-state index contributed by atoms with van der Waals surface area (Å²) in [7, 11) is 0. The van der Waals surface area contributed by atoms with E-state index in [0.29, 0.717) is 0 Å². The lowest BCUT2D eigenvalue weighted by Crippen LogP contribution is -2.27. The first-order chi connectivity index (χ1) is 10.8. The van der Waals surface area contributed by atoms with Crippen LogP contribution in [0.5, 0.6) is 0 Å². The lowest BCUT2D eigenvalue weighted by molar-refractivity contribution is 0.243. The van der Waals surface area contributed by atoms with E-state index < -0.39 is 0 Å². The maximum Gasteiger partial charge on any atom is 0.137 e. The van der Waals surface area contributed by atoms with Crippen molar-refractivity contribution in [2.45, 2.75) is 26.6 Å². The molecule has 2 aromatic heterocycles. The van der Waals surface area contributed by atoms with Crippen LogP contribution in [-0.4, -0.2) is 31.2 Å². The molecule has 0 aliphatic rings. The molecule has 6 heteroatoms. The molecule has 22 heavy (non-hydrogen) atoms. The molecular formula is C16H19N5S. The Balaban J connectivity index is 1.68. The highest BCUT2D eigenvalue weighted by Gasteiger charge is 2.11. The second kappa shape index (κ2) is 7.29. The molecule has 0 N–H and O–H groups in total. The van der Waals surface area contributed by atoms with E-state index in [1.165, 1.54) is 10.4 Å². The summed E-state index contributed by atoms with van der Waals surface area (Å²) >= 11 is 1.72. The maximum absolute atomic E-state index is 4.35. The first-order valence-electron chi connectivity index (χ1n) is 7.29. The monoisotopic (exact) mass is 313 g/mol. The van der Waals surface area contributed by atoms with Crippen LogP contribution in [0, 0.1) is 6.92 Å². The topological polar surface area (TPSA) is 46.8 Å². The van der Waals surface area contributed by atoms with Crippen molar-refractivity contribution >= 4 is 11.3 Å².